The van der Waals surface area contributed by atoms with E-state index in [4.69, 9.17) is 0 Å². The van der Waals surface area contributed by atoms with Crippen LogP contribution in [0.25, 0.3) is 10.9 Å². The second kappa shape index (κ2) is 5.39. The molecule has 0 aliphatic carbocycles. The van der Waals surface area contributed by atoms with Crippen molar-refractivity contribution >= 4 is 22.5 Å². The number of nitrogens with one attached hydrogen (secondary N) is 1. The summed E-state index contributed by atoms with van der Waals surface area (Å²) < 4.78 is 0. The van der Waals surface area contributed by atoms with Crippen LogP contribution in [0.4, 0.5) is 5.69 Å². The number of benzene rings is 2. The third-order valence-electron chi connectivity index (χ3n) is 4.34. The maximum absolute atomic E-state index is 13.1. The highest BCUT2D eigenvalue weighted by Crippen LogP contribution is 2.29. The van der Waals surface area contributed by atoms with Gasteiger partial charge in [-0.25, -0.2) is 0 Å². The number of aryl methyl sites for hydroxylation is 1. The van der Waals surface area contributed by atoms with E-state index in [-0.39, 0.29) is 11.5 Å². The molecule has 0 saturated carbocycles. The summed E-state index contributed by atoms with van der Waals surface area (Å²) in [6.45, 7) is 0.678. The number of fused-ring (bicyclic) bond motifs is 2. The smallest absolute Gasteiger partial charge is 0.259 e. The molecule has 1 N–H and O–H groups in total. The molecule has 3 aromatic rings. The number of aromatic amines is 1. The lowest BCUT2D eigenvalue weighted by Gasteiger charge is -2.29. The summed E-state index contributed by atoms with van der Waals surface area (Å²) in [6.07, 6.45) is 1.92. The van der Waals surface area contributed by atoms with Gasteiger partial charge in [-0.05, 0) is 30.5 Å². The molecule has 1 aromatic heterocycles. The Kier molecular flexibility index (Phi) is 3.23. The van der Waals surface area contributed by atoms with Crippen molar-refractivity contribution in [1.29, 1.82) is 0 Å². The molecule has 2 aromatic carbocycles. The second-order valence-electron chi connectivity index (χ2n) is 5.78. The van der Waals surface area contributed by atoms with Gasteiger partial charge in [0.2, 0.25) is 5.56 Å². The predicted molar refractivity (Wildman–Crippen MR) is 91.0 cm³/mol. The van der Waals surface area contributed by atoms with Crippen LogP contribution in [-0.2, 0) is 6.42 Å². The van der Waals surface area contributed by atoms with E-state index in [2.05, 4.69) is 11.1 Å². The summed E-state index contributed by atoms with van der Waals surface area (Å²) in [5.74, 6) is -0.112. The van der Waals surface area contributed by atoms with Crippen molar-refractivity contribution in [3.05, 3.63) is 76.1 Å². The van der Waals surface area contributed by atoms with Crippen LogP contribution in [0.1, 0.15) is 22.3 Å². The lowest BCUT2D eigenvalue weighted by atomic mass is 10.00. The minimum atomic E-state index is -0.252. The molecule has 2 heterocycles. The number of hydrogen-bond donors (Lipinski definition) is 1. The molecular weight excluding hydrogens is 288 g/mol. The third-order valence-corrected chi connectivity index (χ3v) is 4.34. The molecule has 4 rings (SSSR count). The number of aromatic nitrogens is 1. The summed E-state index contributed by atoms with van der Waals surface area (Å²) in [7, 11) is 0. The van der Waals surface area contributed by atoms with Gasteiger partial charge in [0.1, 0.15) is 0 Å². The van der Waals surface area contributed by atoms with Crippen LogP contribution in [0.2, 0.25) is 0 Å². The van der Waals surface area contributed by atoms with Crippen LogP contribution in [-0.4, -0.2) is 17.4 Å². The number of carbonyl (C=O) groups is 1. The van der Waals surface area contributed by atoms with Crippen molar-refractivity contribution in [2.45, 2.75) is 12.8 Å². The summed E-state index contributed by atoms with van der Waals surface area (Å²) in [4.78, 5) is 29.6. The molecule has 0 spiro atoms. The fourth-order valence-corrected chi connectivity index (χ4v) is 3.27. The van der Waals surface area contributed by atoms with E-state index < -0.39 is 0 Å². The van der Waals surface area contributed by atoms with E-state index in [1.165, 1.54) is 11.6 Å². The zero-order chi connectivity index (χ0) is 15.8. The summed E-state index contributed by atoms with van der Waals surface area (Å²) in [6, 6.07) is 16.8. The molecule has 0 radical (unpaired) electrons. The quantitative estimate of drug-likeness (QED) is 0.751. The van der Waals surface area contributed by atoms with Crippen LogP contribution in [0.3, 0.4) is 0 Å². The molecule has 4 heteroatoms. The highest BCUT2D eigenvalue weighted by atomic mass is 16.2. The van der Waals surface area contributed by atoms with Crippen molar-refractivity contribution in [2.24, 2.45) is 0 Å². The van der Waals surface area contributed by atoms with Gasteiger partial charge in [-0.3, -0.25) is 9.59 Å². The Morgan fingerprint density at radius 3 is 2.74 bits per heavy atom. The number of hydrogen-bond acceptors (Lipinski definition) is 2. The Balaban J connectivity index is 1.87. The number of pyridine rings is 1. The number of nitrogens with zero attached hydrogens (tertiary/aromatic N) is 1. The number of H-pyrrole nitrogens is 1. The monoisotopic (exact) mass is 304 g/mol. The lowest BCUT2D eigenvalue weighted by molar-refractivity contribution is 0.0986. The average Bonchev–Trinajstić information content (AvgIpc) is 2.60. The van der Waals surface area contributed by atoms with Crippen molar-refractivity contribution < 1.29 is 4.79 Å². The van der Waals surface area contributed by atoms with Crippen molar-refractivity contribution in [2.75, 3.05) is 11.4 Å². The van der Waals surface area contributed by atoms with E-state index in [0.717, 1.165) is 23.9 Å². The first-order valence-corrected chi connectivity index (χ1v) is 7.76. The topological polar surface area (TPSA) is 53.2 Å². The van der Waals surface area contributed by atoms with Gasteiger partial charge in [-0.2, -0.15) is 0 Å². The van der Waals surface area contributed by atoms with Crippen molar-refractivity contribution in [1.82, 2.24) is 4.98 Å². The number of amides is 1. The first-order valence-electron chi connectivity index (χ1n) is 7.76. The normalized spacial score (nSPS) is 13.8. The average molecular weight is 304 g/mol. The van der Waals surface area contributed by atoms with E-state index in [1.54, 1.807) is 4.90 Å². The molecule has 0 bridgehead atoms. The van der Waals surface area contributed by atoms with Crippen LogP contribution in [0.5, 0.6) is 0 Å². The van der Waals surface area contributed by atoms with Crippen LogP contribution in [0.15, 0.2) is 59.4 Å². The molecule has 1 aliphatic rings. The van der Waals surface area contributed by atoms with E-state index >= 15 is 0 Å². The van der Waals surface area contributed by atoms with Crippen LogP contribution in [0, 0.1) is 0 Å². The van der Waals surface area contributed by atoms with Crippen LogP contribution >= 0.6 is 0 Å². The van der Waals surface area contributed by atoms with E-state index in [9.17, 15) is 9.59 Å². The summed E-state index contributed by atoms with van der Waals surface area (Å²) in [5.41, 5.74) is 3.03. The predicted octanol–water partition coefficient (Wildman–Crippen LogP) is 3.12. The Bertz CT molecular complexity index is 959. The Hall–Kier alpha value is -2.88. The SMILES string of the molecule is O=C(c1cc(=O)[nH]c2ccccc12)N1CCCc2ccccc21. The first kappa shape index (κ1) is 13.8. The molecule has 1 amide bonds. The molecule has 0 atom stereocenters. The van der Waals surface area contributed by atoms with Gasteiger partial charge in [0.25, 0.3) is 5.91 Å². The Morgan fingerprint density at radius 2 is 1.83 bits per heavy atom. The minimum absolute atomic E-state index is 0.112. The fraction of sp³-hybridized carbons (Fsp3) is 0.158. The number of anilines is 1. The van der Waals surface area contributed by atoms with Gasteiger partial charge in [-0.1, -0.05) is 36.4 Å². The Morgan fingerprint density at radius 1 is 1.04 bits per heavy atom. The maximum Gasteiger partial charge on any atom is 0.259 e. The maximum atomic E-state index is 13.1. The van der Waals surface area contributed by atoms with Crippen molar-refractivity contribution in [3.63, 3.8) is 0 Å². The van der Waals surface area contributed by atoms with Gasteiger partial charge in [0.05, 0.1) is 5.56 Å². The molecule has 1 aliphatic heterocycles. The number of carbonyl (C=O) groups excluding carboxylic acids is 1. The zero-order valence-corrected chi connectivity index (χ0v) is 12.6. The first-order chi connectivity index (χ1) is 11.2. The van der Waals surface area contributed by atoms with Gasteiger partial charge in [0, 0.05) is 29.2 Å². The van der Waals surface area contributed by atoms with Gasteiger partial charge < -0.3 is 9.88 Å². The molecule has 0 fully saturated rings. The van der Waals surface area contributed by atoms with Crippen molar-refractivity contribution in [3.8, 4) is 0 Å². The molecule has 4 nitrogen and oxygen atoms in total. The second-order valence-corrected chi connectivity index (χ2v) is 5.78. The van der Waals surface area contributed by atoms with E-state index in [1.807, 2.05) is 42.5 Å². The molecule has 0 unspecified atom stereocenters. The Labute approximate surface area is 133 Å². The number of rotatable bonds is 1. The van der Waals surface area contributed by atoms with Gasteiger partial charge >= 0.3 is 0 Å². The highest BCUT2D eigenvalue weighted by molar-refractivity contribution is 6.13. The molecule has 114 valence electrons. The van der Waals surface area contributed by atoms with Gasteiger partial charge in [0.15, 0.2) is 0 Å². The van der Waals surface area contributed by atoms with Crippen LogP contribution < -0.4 is 10.5 Å². The summed E-state index contributed by atoms with van der Waals surface area (Å²) in [5, 5.41) is 0.778. The minimum Gasteiger partial charge on any atom is -0.322 e. The van der Waals surface area contributed by atoms with Gasteiger partial charge in [-0.15, -0.1) is 0 Å². The van der Waals surface area contributed by atoms with E-state index in [0.29, 0.717) is 17.6 Å². The summed E-state index contributed by atoms with van der Waals surface area (Å²) >= 11 is 0. The standard InChI is InChI=1S/C19H16N2O2/c22-18-12-15(14-8-2-3-9-16(14)20-18)19(23)21-11-5-7-13-6-1-4-10-17(13)21/h1-4,6,8-10,12H,5,7,11H2,(H,20,22). The zero-order valence-electron chi connectivity index (χ0n) is 12.6. The molecule has 0 saturated heterocycles. The highest BCUT2D eigenvalue weighted by Gasteiger charge is 2.24. The largest absolute Gasteiger partial charge is 0.322 e. The molecular formula is C19H16N2O2. The molecule has 23 heavy (non-hydrogen) atoms. The lowest BCUT2D eigenvalue weighted by Crippen LogP contribution is -2.36. The fourth-order valence-electron chi connectivity index (χ4n) is 3.27. The number of para-hydroxylation sites is 2. The third kappa shape index (κ3) is 2.32.